The molecule has 0 atom stereocenters. The number of carbonyl (C=O) groups is 1. The van der Waals surface area contributed by atoms with Crippen LogP contribution in [-0.2, 0) is 24.8 Å². The SMILES string of the molecule is COc1ccc(CNC(=O)CCc2cn(C)nc2-c2ccc(F)cc2)cc1. The molecule has 3 aromatic rings. The van der Waals surface area contributed by atoms with Crippen LogP contribution in [0.1, 0.15) is 17.5 Å². The molecule has 5 nitrogen and oxygen atoms in total. The number of nitrogens with one attached hydrogen (secondary N) is 1. The Morgan fingerprint density at radius 3 is 2.52 bits per heavy atom. The summed E-state index contributed by atoms with van der Waals surface area (Å²) in [5.74, 6) is 0.476. The zero-order valence-electron chi connectivity index (χ0n) is 15.4. The van der Waals surface area contributed by atoms with E-state index in [9.17, 15) is 9.18 Å². The molecule has 0 radical (unpaired) electrons. The third-order valence-electron chi connectivity index (χ3n) is 4.29. The number of carbonyl (C=O) groups excluding carboxylic acids is 1. The summed E-state index contributed by atoms with van der Waals surface area (Å²) in [6.07, 6.45) is 2.82. The second-order valence-electron chi connectivity index (χ2n) is 6.31. The number of nitrogens with zero attached hydrogens (tertiary/aromatic N) is 2. The molecule has 1 amide bonds. The van der Waals surface area contributed by atoms with Crippen LogP contribution in [0.3, 0.4) is 0 Å². The summed E-state index contributed by atoms with van der Waals surface area (Å²) in [5.41, 5.74) is 3.59. The van der Waals surface area contributed by atoms with E-state index in [4.69, 9.17) is 4.74 Å². The number of aromatic nitrogens is 2. The predicted octanol–water partition coefficient (Wildman–Crippen LogP) is 3.48. The van der Waals surface area contributed by atoms with Crippen LogP contribution in [0.5, 0.6) is 5.75 Å². The van der Waals surface area contributed by atoms with E-state index < -0.39 is 0 Å². The molecule has 1 N–H and O–H groups in total. The largest absolute Gasteiger partial charge is 0.497 e. The highest BCUT2D eigenvalue weighted by atomic mass is 19.1. The normalized spacial score (nSPS) is 10.6. The van der Waals surface area contributed by atoms with Gasteiger partial charge < -0.3 is 10.1 Å². The number of amides is 1. The van der Waals surface area contributed by atoms with Crippen LogP contribution in [0.2, 0.25) is 0 Å². The van der Waals surface area contributed by atoms with Crippen LogP contribution in [0.4, 0.5) is 4.39 Å². The first-order chi connectivity index (χ1) is 13.0. The van der Waals surface area contributed by atoms with Gasteiger partial charge in [0.2, 0.25) is 5.91 Å². The minimum atomic E-state index is -0.283. The van der Waals surface area contributed by atoms with Gasteiger partial charge in [0.05, 0.1) is 12.8 Å². The van der Waals surface area contributed by atoms with Gasteiger partial charge in [0, 0.05) is 31.8 Å². The van der Waals surface area contributed by atoms with Gasteiger partial charge in [-0.15, -0.1) is 0 Å². The topological polar surface area (TPSA) is 56.1 Å². The molecule has 140 valence electrons. The van der Waals surface area contributed by atoms with Gasteiger partial charge >= 0.3 is 0 Å². The van der Waals surface area contributed by atoms with E-state index in [0.717, 1.165) is 28.1 Å². The highest BCUT2D eigenvalue weighted by Crippen LogP contribution is 2.23. The smallest absolute Gasteiger partial charge is 0.220 e. The molecule has 0 aliphatic heterocycles. The van der Waals surface area contributed by atoms with Crippen molar-refractivity contribution in [2.24, 2.45) is 7.05 Å². The van der Waals surface area contributed by atoms with Crippen LogP contribution in [-0.4, -0.2) is 22.8 Å². The number of halogens is 1. The standard InChI is InChI=1S/C21H22FN3O2/c1-25-14-17(21(24-25)16-5-8-18(22)9-6-16)7-12-20(26)23-13-15-3-10-19(27-2)11-4-15/h3-6,8-11,14H,7,12-13H2,1-2H3,(H,23,26). The third kappa shape index (κ3) is 4.94. The molecule has 0 bridgehead atoms. The third-order valence-corrected chi connectivity index (χ3v) is 4.29. The second-order valence-corrected chi connectivity index (χ2v) is 6.31. The fourth-order valence-electron chi connectivity index (χ4n) is 2.85. The Hall–Kier alpha value is -3.15. The van der Waals surface area contributed by atoms with E-state index in [1.165, 1.54) is 12.1 Å². The van der Waals surface area contributed by atoms with E-state index in [-0.39, 0.29) is 11.7 Å². The van der Waals surface area contributed by atoms with Gasteiger partial charge in [0.25, 0.3) is 0 Å². The fraction of sp³-hybridized carbons (Fsp3) is 0.238. The van der Waals surface area contributed by atoms with Crippen molar-refractivity contribution in [2.75, 3.05) is 7.11 Å². The maximum absolute atomic E-state index is 13.1. The Labute approximate surface area is 157 Å². The zero-order chi connectivity index (χ0) is 19.2. The molecule has 3 rings (SSSR count). The number of benzene rings is 2. The molecule has 6 heteroatoms. The molecule has 0 saturated heterocycles. The number of hydrogen-bond acceptors (Lipinski definition) is 3. The van der Waals surface area contributed by atoms with Crippen molar-refractivity contribution in [2.45, 2.75) is 19.4 Å². The van der Waals surface area contributed by atoms with Gasteiger partial charge in [-0.3, -0.25) is 9.48 Å². The summed E-state index contributed by atoms with van der Waals surface area (Å²) in [7, 11) is 3.45. The highest BCUT2D eigenvalue weighted by Gasteiger charge is 2.12. The van der Waals surface area contributed by atoms with Gasteiger partial charge in [-0.25, -0.2) is 4.39 Å². The van der Waals surface area contributed by atoms with Crippen molar-refractivity contribution in [3.05, 3.63) is 71.7 Å². The van der Waals surface area contributed by atoms with Gasteiger partial charge in [0.15, 0.2) is 0 Å². The van der Waals surface area contributed by atoms with Crippen LogP contribution < -0.4 is 10.1 Å². The monoisotopic (exact) mass is 367 g/mol. The minimum Gasteiger partial charge on any atom is -0.497 e. The van der Waals surface area contributed by atoms with E-state index in [0.29, 0.717) is 19.4 Å². The highest BCUT2D eigenvalue weighted by molar-refractivity contribution is 5.76. The first kappa shape index (κ1) is 18.6. The first-order valence-corrected chi connectivity index (χ1v) is 8.73. The molecule has 0 spiro atoms. The van der Waals surface area contributed by atoms with E-state index in [1.54, 1.807) is 23.9 Å². The molecule has 1 heterocycles. The van der Waals surface area contributed by atoms with Crippen molar-refractivity contribution in [3.8, 4) is 17.0 Å². The number of ether oxygens (including phenoxy) is 1. The fourth-order valence-corrected chi connectivity index (χ4v) is 2.85. The molecular weight excluding hydrogens is 345 g/mol. The molecule has 2 aromatic carbocycles. The second kappa shape index (κ2) is 8.49. The van der Waals surface area contributed by atoms with E-state index >= 15 is 0 Å². The van der Waals surface area contributed by atoms with Crippen molar-refractivity contribution < 1.29 is 13.9 Å². The summed E-state index contributed by atoms with van der Waals surface area (Å²) in [5, 5.41) is 7.37. The summed E-state index contributed by atoms with van der Waals surface area (Å²) >= 11 is 0. The first-order valence-electron chi connectivity index (χ1n) is 8.73. The Bertz CT molecular complexity index is 902. The van der Waals surface area contributed by atoms with Gasteiger partial charge in [0.1, 0.15) is 11.6 Å². The lowest BCUT2D eigenvalue weighted by atomic mass is 10.0. The number of hydrogen-bond donors (Lipinski definition) is 1. The lowest BCUT2D eigenvalue weighted by Gasteiger charge is -2.07. The lowest BCUT2D eigenvalue weighted by molar-refractivity contribution is -0.121. The van der Waals surface area contributed by atoms with Crippen molar-refractivity contribution in [1.82, 2.24) is 15.1 Å². The number of methoxy groups -OCH3 is 1. The van der Waals surface area contributed by atoms with Crippen molar-refractivity contribution in [1.29, 1.82) is 0 Å². The quantitative estimate of drug-likeness (QED) is 0.696. The zero-order valence-corrected chi connectivity index (χ0v) is 15.4. The molecule has 0 aliphatic carbocycles. The molecule has 0 fully saturated rings. The summed E-state index contributed by atoms with van der Waals surface area (Å²) in [6, 6.07) is 13.8. The predicted molar refractivity (Wildman–Crippen MR) is 102 cm³/mol. The van der Waals surface area contributed by atoms with Gasteiger partial charge in [-0.2, -0.15) is 5.10 Å². The number of aryl methyl sites for hydroxylation is 2. The molecule has 0 saturated carbocycles. The van der Waals surface area contributed by atoms with Crippen molar-refractivity contribution in [3.63, 3.8) is 0 Å². The molecule has 0 unspecified atom stereocenters. The van der Waals surface area contributed by atoms with Crippen LogP contribution in [0.25, 0.3) is 11.3 Å². The van der Waals surface area contributed by atoms with E-state index in [2.05, 4.69) is 10.4 Å². The maximum atomic E-state index is 13.1. The van der Waals surface area contributed by atoms with Crippen molar-refractivity contribution >= 4 is 5.91 Å². The molecule has 27 heavy (non-hydrogen) atoms. The summed E-state index contributed by atoms with van der Waals surface area (Å²) in [4.78, 5) is 12.2. The summed E-state index contributed by atoms with van der Waals surface area (Å²) in [6.45, 7) is 0.473. The molecule has 0 aliphatic rings. The maximum Gasteiger partial charge on any atom is 0.220 e. The van der Waals surface area contributed by atoms with Crippen LogP contribution in [0.15, 0.2) is 54.7 Å². The minimum absolute atomic E-state index is 0.0280. The van der Waals surface area contributed by atoms with Crippen LogP contribution in [0, 0.1) is 5.82 Å². The van der Waals surface area contributed by atoms with Crippen LogP contribution >= 0.6 is 0 Å². The number of rotatable bonds is 7. The van der Waals surface area contributed by atoms with Gasteiger partial charge in [-0.1, -0.05) is 12.1 Å². The Morgan fingerprint density at radius 2 is 1.85 bits per heavy atom. The molecule has 1 aromatic heterocycles. The van der Waals surface area contributed by atoms with Gasteiger partial charge in [-0.05, 0) is 53.9 Å². The lowest BCUT2D eigenvalue weighted by Crippen LogP contribution is -2.23. The van der Waals surface area contributed by atoms with E-state index in [1.807, 2.05) is 37.5 Å². The Morgan fingerprint density at radius 1 is 1.15 bits per heavy atom. The Kier molecular flexibility index (Phi) is 5.86. The average Bonchev–Trinajstić information content (AvgIpc) is 3.06. The average molecular weight is 367 g/mol. The summed E-state index contributed by atoms with van der Waals surface area (Å²) < 4.78 is 20.0. The Balaban J connectivity index is 1.57. The molecular formula is C21H22FN3O2.